The Labute approximate surface area is 163 Å². The van der Waals surface area contributed by atoms with Gasteiger partial charge in [-0.15, -0.1) is 10.2 Å². The zero-order valence-electron chi connectivity index (χ0n) is 15.7. The molecule has 2 heterocycles. The second-order valence-electron chi connectivity index (χ2n) is 6.83. The average molecular weight is 379 g/mol. The van der Waals surface area contributed by atoms with Crippen molar-refractivity contribution in [2.45, 2.75) is 37.6 Å². The summed E-state index contributed by atoms with van der Waals surface area (Å²) in [5.41, 5.74) is 4.49. The molecule has 0 bridgehead atoms. The summed E-state index contributed by atoms with van der Waals surface area (Å²) in [7, 11) is 0. The number of thioether (sulfide) groups is 1. The Morgan fingerprint density at radius 1 is 1.07 bits per heavy atom. The van der Waals surface area contributed by atoms with Crippen LogP contribution in [0, 0.1) is 13.8 Å². The van der Waals surface area contributed by atoms with Crippen molar-refractivity contribution in [2.24, 2.45) is 0 Å². The minimum Gasteiger partial charge on any atom is -0.311 e. The third kappa shape index (κ3) is 3.37. The van der Waals surface area contributed by atoms with E-state index in [1.165, 1.54) is 22.9 Å². The average Bonchev–Trinajstić information content (AvgIpc) is 3.26. The van der Waals surface area contributed by atoms with Gasteiger partial charge in [-0.05, 0) is 51.0 Å². The molecule has 0 radical (unpaired) electrons. The molecule has 5 nitrogen and oxygen atoms in total. The van der Waals surface area contributed by atoms with Gasteiger partial charge in [0, 0.05) is 17.9 Å². The Morgan fingerprint density at radius 2 is 1.81 bits per heavy atom. The number of aromatic nitrogens is 3. The quantitative estimate of drug-likeness (QED) is 0.645. The Hall–Kier alpha value is -2.60. The van der Waals surface area contributed by atoms with E-state index in [0.29, 0.717) is 0 Å². The van der Waals surface area contributed by atoms with Crippen molar-refractivity contribution in [3.63, 3.8) is 0 Å². The lowest BCUT2D eigenvalue weighted by molar-refractivity contribution is -0.117. The number of fused-ring (bicyclic) bond motifs is 1. The van der Waals surface area contributed by atoms with E-state index in [0.717, 1.165) is 35.3 Å². The van der Waals surface area contributed by atoms with Crippen LogP contribution < -0.4 is 4.90 Å². The maximum atomic E-state index is 13.1. The van der Waals surface area contributed by atoms with E-state index in [1.54, 1.807) is 0 Å². The second-order valence-corrected chi connectivity index (χ2v) is 8.14. The molecule has 1 aliphatic heterocycles. The van der Waals surface area contributed by atoms with Crippen LogP contribution in [0.5, 0.6) is 0 Å². The summed E-state index contributed by atoms with van der Waals surface area (Å²) >= 11 is 1.46. The molecule has 3 aromatic rings. The number of anilines is 1. The van der Waals surface area contributed by atoms with Crippen LogP contribution in [0.25, 0.3) is 5.69 Å². The SMILES string of the molecule is Cc1ccc(-n2c(C)nnc2S[C@@H](C)C(=O)N2CCc3ccccc32)cc1. The predicted octanol–water partition coefficient (Wildman–Crippen LogP) is 3.95. The molecule has 138 valence electrons. The number of nitrogens with zero attached hydrogens (tertiary/aromatic N) is 4. The number of carbonyl (C=O) groups is 1. The number of aryl methyl sites for hydroxylation is 2. The van der Waals surface area contributed by atoms with Gasteiger partial charge in [0.1, 0.15) is 5.82 Å². The van der Waals surface area contributed by atoms with Crippen LogP contribution in [-0.2, 0) is 11.2 Å². The normalized spacial score (nSPS) is 14.3. The maximum absolute atomic E-state index is 13.1. The molecule has 0 saturated heterocycles. The van der Waals surface area contributed by atoms with E-state index in [4.69, 9.17) is 0 Å². The van der Waals surface area contributed by atoms with Gasteiger partial charge in [0.2, 0.25) is 5.91 Å². The highest BCUT2D eigenvalue weighted by Crippen LogP contribution is 2.32. The van der Waals surface area contributed by atoms with E-state index >= 15 is 0 Å². The molecule has 1 atom stereocenters. The molecule has 0 N–H and O–H groups in total. The van der Waals surface area contributed by atoms with Crippen molar-refractivity contribution in [1.29, 1.82) is 0 Å². The Morgan fingerprint density at radius 3 is 2.59 bits per heavy atom. The first-order valence-electron chi connectivity index (χ1n) is 9.09. The van der Waals surface area contributed by atoms with Gasteiger partial charge in [0.15, 0.2) is 5.16 Å². The molecule has 27 heavy (non-hydrogen) atoms. The predicted molar refractivity (Wildman–Crippen MR) is 109 cm³/mol. The molecule has 1 aromatic heterocycles. The number of benzene rings is 2. The first-order valence-corrected chi connectivity index (χ1v) is 9.97. The molecule has 2 aromatic carbocycles. The lowest BCUT2D eigenvalue weighted by atomic mass is 10.2. The van der Waals surface area contributed by atoms with Gasteiger partial charge in [-0.2, -0.15) is 0 Å². The fourth-order valence-corrected chi connectivity index (χ4v) is 4.38. The van der Waals surface area contributed by atoms with Crippen LogP contribution in [0.1, 0.15) is 23.9 Å². The summed E-state index contributed by atoms with van der Waals surface area (Å²) in [6.07, 6.45) is 0.915. The van der Waals surface area contributed by atoms with Crippen LogP contribution in [0.15, 0.2) is 53.7 Å². The third-order valence-corrected chi connectivity index (χ3v) is 5.90. The van der Waals surface area contributed by atoms with Crippen LogP contribution in [0.3, 0.4) is 0 Å². The molecular formula is C21H22N4OS. The van der Waals surface area contributed by atoms with Crippen molar-refractivity contribution in [3.05, 3.63) is 65.5 Å². The van der Waals surface area contributed by atoms with Gasteiger partial charge >= 0.3 is 0 Å². The van der Waals surface area contributed by atoms with E-state index in [2.05, 4.69) is 47.5 Å². The van der Waals surface area contributed by atoms with Crippen molar-refractivity contribution in [2.75, 3.05) is 11.4 Å². The van der Waals surface area contributed by atoms with Crippen LogP contribution in [0.2, 0.25) is 0 Å². The lowest BCUT2D eigenvalue weighted by Gasteiger charge is -2.21. The second kappa shape index (κ2) is 7.19. The van der Waals surface area contributed by atoms with Crippen molar-refractivity contribution in [1.82, 2.24) is 14.8 Å². The Bertz CT molecular complexity index is 980. The molecular weight excluding hydrogens is 356 g/mol. The monoisotopic (exact) mass is 378 g/mol. The fourth-order valence-electron chi connectivity index (χ4n) is 3.41. The summed E-state index contributed by atoms with van der Waals surface area (Å²) in [5, 5.41) is 9.04. The first-order chi connectivity index (χ1) is 13.0. The highest BCUT2D eigenvalue weighted by Gasteiger charge is 2.29. The fraction of sp³-hybridized carbons (Fsp3) is 0.286. The van der Waals surface area contributed by atoms with E-state index in [9.17, 15) is 4.79 Å². The zero-order chi connectivity index (χ0) is 19.0. The highest BCUT2D eigenvalue weighted by molar-refractivity contribution is 8.00. The van der Waals surface area contributed by atoms with Gasteiger partial charge in [-0.25, -0.2) is 0 Å². The zero-order valence-corrected chi connectivity index (χ0v) is 16.5. The Kier molecular flexibility index (Phi) is 4.74. The van der Waals surface area contributed by atoms with E-state index in [-0.39, 0.29) is 11.2 Å². The summed E-state index contributed by atoms with van der Waals surface area (Å²) in [6, 6.07) is 16.4. The molecule has 1 aliphatic rings. The van der Waals surface area contributed by atoms with Crippen molar-refractivity contribution < 1.29 is 4.79 Å². The van der Waals surface area contributed by atoms with E-state index < -0.39 is 0 Å². The van der Waals surface area contributed by atoms with Gasteiger partial charge in [0.05, 0.1) is 5.25 Å². The number of hydrogen-bond donors (Lipinski definition) is 0. The molecule has 0 aliphatic carbocycles. The topological polar surface area (TPSA) is 51.0 Å². The van der Waals surface area contributed by atoms with E-state index in [1.807, 2.05) is 41.5 Å². The number of carbonyl (C=O) groups excluding carboxylic acids is 1. The van der Waals surface area contributed by atoms with Crippen LogP contribution >= 0.6 is 11.8 Å². The molecule has 0 unspecified atom stereocenters. The van der Waals surface area contributed by atoms with Crippen molar-refractivity contribution in [3.8, 4) is 5.69 Å². The van der Waals surface area contributed by atoms with Gasteiger partial charge in [-0.3, -0.25) is 9.36 Å². The summed E-state index contributed by atoms with van der Waals surface area (Å²) in [4.78, 5) is 15.0. The minimum atomic E-state index is -0.246. The smallest absolute Gasteiger partial charge is 0.240 e. The summed E-state index contributed by atoms with van der Waals surface area (Å²) < 4.78 is 2.01. The summed E-state index contributed by atoms with van der Waals surface area (Å²) in [6.45, 7) is 6.68. The summed E-state index contributed by atoms with van der Waals surface area (Å²) in [5.74, 6) is 0.925. The lowest BCUT2D eigenvalue weighted by Crippen LogP contribution is -2.35. The largest absolute Gasteiger partial charge is 0.311 e. The number of rotatable bonds is 4. The molecule has 6 heteroatoms. The van der Waals surface area contributed by atoms with Gasteiger partial charge in [0.25, 0.3) is 0 Å². The highest BCUT2D eigenvalue weighted by atomic mass is 32.2. The Balaban J connectivity index is 1.56. The molecule has 0 spiro atoms. The third-order valence-electron chi connectivity index (χ3n) is 4.87. The van der Waals surface area contributed by atoms with Gasteiger partial charge < -0.3 is 4.90 Å². The maximum Gasteiger partial charge on any atom is 0.240 e. The van der Waals surface area contributed by atoms with Crippen LogP contribution in [-0.4, -0.2) is 32.5 Å². The molecule has 0 saturated carbocycles. The van der Waals surface area contributed by atoms with Crippen molar-refractivity contribution >= 4 is 23.4 Å². The molecule has 0 fully saturated rings. The van der Waals surface area contributed by atoms with Crippen LogP contribution in [0.4, 0.5) is 5.69 Å². The molecule has 1 amide bonds. The minimum absolute atomic E-state index is 0.112. The number of hydrogen-bond acceptors (Lipinski definition) is 4. The van der Waals surface area contributed by atoms with Gasteiger partial charge in [-0.1, -0.05) is 47.7 Å². The first kappa shape index (κ1) is 17.8. The number of para-hydroxylation sites is 1. The number of amides is 1. The standard InChI is InChI=1S/C21H22N4OS/c1-14-8-10-18(11-9-14)25-16(3)22-23-21(25)27-15(2)20(26)24-13-12-17-6-4-5-7-19(17)24/h4-11,15H,12-13H2,1-3H3/t15-/m0/s1. The molecule has 4 rings (SSSR count).